The second-order valence-corrected chi connectivity index (χ2v) is 5.11. The Morgan fingerprint density at radius 3 is 2.24 bits per heavy atom. The molecular weight excluding hydrogens is 274 g/mol. The van der Waals surface area contributed by atoms with Crippen molar-refractivity contribution < 1.29 is 0 Å². The van der Waals surface area contributed by atoms with Gasteiger partial charge in [0.05, 0.1) is 6.04 Å². The molecule has 2 aromatic carbocycles. The zero-order valence-electron chi connectivity index (χ0n) is 10.1. The van der Waals surface area contributed by atoms with Crippen molar-refractivity contribution in [3.8, 4) is 0 Å². The molecule has 2 aromatic rings. The van der Waals surface area contributed by atoms with Gasteiger partial charge in [-0.15, -0.1) is 0 Å². The Balaban J connectivity index is 2.40. The molecule has 0 heterocycles. The van der Waals surface area contributed by atoms with Gasteiger partial charge in [0.1, 0.15) is 0 Å². The Kier molecular flexibility index (Phi) is 3.97. The molecular formula is C15H16BrN. The van der Waals surface area contributed by atoms with Crippen LogP contribution in [0.1, 0.15) is 22.7 Å². The zero-order valence-corrected chi connectivity index (χ0v) is 11.7. The largest absolute Gasteiger partial charge is 0.309 e. The van der Waals surface area contributed by atoms with Crippen molar-refractivity contribution in [2.24, 2.45) is 0 Å². The first-order chi connectivity index (χ1) is 8.20. The number of halogens is 1. The first-order valence-electron chi connectivity index (χ1n) is 5.70. The average molecular weight is 290 g/mol. The highest BCUT2D eigenvalue weighted by molar-refractivity contribution is 9.10. The highest BCUT2D eigenvalue weighted by Gasteiger charge is 2.11. The third-order valence-corrected chi connectivity index (χ3v) is 3.34. The summed E-state index contributed by atoms with van der Waals surface area (Å²) >= 11 is 3.52. The molecule has 1 nitrogen and oxygen atoms in total. The van der Waals surface area contributed by atoms with E-state index in [1.54, 1.807) is 0 Å². The fraction of sp³-hybridized carbons (Fsp3) is 0.200. The zero-order chi connectivity index (χ0) is 12.3. The van der Waals surface area contributed by atoms with Gasteiger partial charge in [-0.05, 0) is 37.2 Å². The third kappa shape index (κ3) is 2.96. The fourth-order valence-electron chi connectivity index (χ4n) is 2.06. The fourth-order valence-corrected chi connectivity index (χ4v) is 2.48. The molecule has 0 saturated heterocycles. The van der Waals surface area contributed by atoms with Gasteiger partial charge in [0, 0.05) is 4.47 Å². The summed E-state index contributed by atoms with van der Waals surface area (Å²) in [4.78, 5) is 0. The van der Waals surface area contributed by atoms with E-state index in [0.717, 1.165) is 4.47 Å². The molecule has 1 N–H and O–H groups in total. The molecule has 1 unspecified atom stereocenters. The summed E-state index contributed by atoms with van der Waals surface area (Å²) in [5.41, 5.74) is 3.86. The van der Waals surface area contributed by atoms with Gasteiger partial charge in [-0.25, -0.2) is 0 Å². The predicted octanol–water partition coefficient (Wildman–Crippen LogP) is 4.07. The van der Waals surface area contributed by atoms with Gasteiger partial charge in [-0.1, -0.05) is 57.9 Å². The monoisotopic (exact) mass is 289 g/mol. The van der Waals surface area contributed by atoms with Crippen LogP contribution in [0.15, 0.2) is 53.0 Å². The molecule has 0 aliphatic rings. The molecule has 0 spiro atoms. The third-order valence-electron chi connectivity index (χ3n) is 2.85. The molecule has 1 atom stereocenters. The molecule has 17 heavy (non-hydrogen) atoms. The molecule has 0 fully saturated rings. The lowest BCUT2D eigenvalue weighted by Gasteiger charge is -2.18. The molecule has 0 radical (unpaired) electrons. The van der Waals surface area contributed by atoms with Crippen LogP contribution in [0.5, 0.6) is 0 Å². The minimum Gasteiger partial charge on any atom is -0.309 e. The topological polar surface area (TPSA) is 12.0 Å². The number of hydrogen-bond donors (Lipinski definition) is 1. The van der Waals surface area contributed by atoms with E-state index in [2.05, 4.69) is 70.6 Å². The van der Waals surface area contributed by atoms with Crippen LogP contribution in [0.25, 0.3) is 0 Å². The van der Waals surface area contributed by atoms with Crippen LogP contribution in [0.2, 0.25) is 0 Å². The van der Waals surface area contributed by atoms with Crippen molar-refractivity contribution in [3.63, 3.8) is 0 Å². The number of aryl methyl sites for hydroxylation is 1. The lowest BCUT2D eigenvalue weighted by molar-refractivity contribution is 0.691. The van der Waals surface area contributed by atoms with E-state index < -0.39 is 0 Å². The van der Waals surface area contributed by atoms with Crippen LogP contribution in [0.4, 0.5) is 0 Å². The molecule has 0 bridgehead atoms. The summed E-state index contributed by atoms with van der Waals surface area (Å²) in [7, 11) is 1.99. The summed E-state index contributed by atoms with van der Waals surface area (Å²) in [6, 6.07) is 17.3. The van der Waals surface area contributed by atoms with Crippen molar-refractivity contribution in [2.45, 2.75) is 13.0 Å². The van der Waals surface area contributed by atoms with Gasteiger partial charge in [0.25, 0.3) is 0 Å². The highest BCUT2D eigenvalue weighted by atomic mass is 79.9. The normalized spacial score (nSPS) is 12.4. The van der Waals surface area contributed by atoms with E-state index >= 15 is 0 Å². The van der Waals surface area contributed by atoms with Crippen molar-refractivity contribution >= 4 is 15.9 Å². The summed E-state index contributed by atoms with van der Waals surface area (Å²) in [6.07, 6.45) is 0. The molecule has 0 aromatic heterocycles. The number of rotatable bonds is 3. The second-order valence-electron chi connectivity index (χ2n) is 4.19. The van der Waals surface area contributed by atoms with Gasteiger partial charge < -0.3 is 5.32 Å². The smallest absolute Gasteiger partial charge is 0.0574 e. The van der Waals surface area contributed by atoms with E-state index in [9.17, 15) is 0 Å². The molecule has 0 amide bonds. The van der Waals surface area contributed by atoms with Gasteiger partial charge in [0.2, 0.25) is 0 Å². The lowest BCUT2D eigenvalue weighted by Crippen LogP contribution is -2.17. The first-order valence-corrected chi connectivity index (χ1v) is 6.49. The van der Waals surface area contributed by atoms with E-state index in [4.69, 9.17) is 0 Å². The standard InChI is InChI=1S/C15H16BrN/c1-11-5-3-6-12(9-11)15(17-2)13-7-4-8-14(16)10-13/h3-10,15,17H,1-2H3. The van der Waals surface area contributed by atoms with Crippen molar-refractivity contribution in [3.05, 3.63) is 69.7 Å². The maximum Gasteiger partial charge on any atom is 0.0574 e. The van der Waals surface area contributed by atoms with E-state index in [1.165, 1.54) is 16.7 Å². The minimum absolute atomic E-state index is 0.243. The van der Waals surface area contributed by atoms with Gasteiger partial charge in [-0.3, -0.25) is 0 Å². The maximum absolute atomic E-state index is 3.52. The Labute approximate surface area is 111 Å². The predicted molar refractivity (Wildman–Crippen MR) is 76.2 cm³/mol. The molecule has 88 valence electrons. The summed E-state index contributed by atoms with van der Waals surface area (Å²) in [6.45, 7) is 2.12. The van der Waals surface area contributed by atoms with Crippen LogP contribution < -0.4 is 5.32 Å². The quantitative estimate of drug-likeness (QED) is 0.898. The first kappa shape index (κ1) is 12.3. The van der Waals surface area contributed by atoms with Crippen molar-refractivity contribution in [1.29, 1.82) is 0 Å². The van der Waals surface area contributed by atoms with Crippen LogP contribution in [-0.2, 0) is 0 Å². The summed E-state index contributed by atoms with van der Waals surface area (Å²) < 4.78 is 1.11. The Bertz CT molecular complexity index is 462. The molecule has 0 saturated carbocycles. The van der Waals surface area contributed by atoms with E-state index in [-0.39, 0.29) is 6.04 Å². The SMILES string of the molecule is CNC(c1cccc(C)c1)c1cccc(Br)c1. The van der Waals surface area contributed by atoms with Crippen LogP contribution in [0, 0.1) is 6.92 Å². The van der Waals surface area contributed by atoms with Crippen LogP contribution in [-0.4, -0.2) is 7.05 Å². The van der Waals surface area contributed by atoms with E-state index in [1.807, 2.05) is 13.1 Å². The number of nitrogens with one attached hydrogen (secondary N) is 1. The average Bonchev–Trinajstić information content (AvgIpc) is 2.30. The minimum atomic E-state index is 0.243. The van der Waals surface area contributed by atoms with E-state index in [0.29, 0.717) is 0 Å². The molecule has 0 aliphatic heterocycles. The molecule has 2 heteroatoms. The molecule has 2 rings (SSSR count). The number of benzene rings is 2. The van der Waals surface area contributed by atoms with Gasteiger partial charge in [0.15, 0.2) is 0 Å². The second kappa shape index (κ2) is 5.48. The summed E-state index contributed by atoms with van der Waals surface area (Å²) in [5, 5.41) is 3.37. The number of hydrogen-bond acceptors (Lipinski definition) is 1. The van der Waals surface area contributed by atoms with Gasteiger partial charge >= 0.3 is 0 Å². The van der Waals surface area contributed by atoms with Crippen molar-refractivity contribution in [2.75, 3.05) is 7.05 Å². The Morgan fingerprint density at radius 2 is 1.65 bits per heavy atom. The molecule has 0 aliphatic carbocycles. The summed E-state index contributed by atoms with van der Waals surface area (Å²) in [5.74, 6) is 0. The lowest BCUT2D eigenvalue weighted by atomic mass is 9.98. The van der Waals surface area contributed by atoms with Crippen LogP contribution >= 0.6 is 15.9 Å². The maximum atomic E-state index is 3.52. The van der Waals surface area contributed by atoms with Gasteiger partial charge in [-0.2, -0.15) is 0 Å². The van der Waals surface area contributed by atoms with Crippen LogP contribution in [0.3, 0.4) is 0 Å². The Morgan fingerprint density at radius 1 is 1.00 bits per heavy atom. The van der Waals surface area contributed by atoms with Crippen molar-refractivity contribution in [1.82, 2.24) is 5.32 Å². The highest BCUT2D eigenvalue weighted by Crippen LogP contribution is 2.24. The Hall–Kier alpha value is -1.12.